The molecule has 3 rings (SSSR count). The number of fused-ring (bicyclic) bond motifs is 1. The number of halogens is 1. The van der Waals surface area contributed by atoms with Gasteiger partial charge in [-0.3, -0.25) is 4.79 Å². The number of benzene rings is 2. The minimum atomic E-state index is -1.48. The summed E-state index contributed by atoms with van der Waals surface area (Å²) in [5.74, 6) is -3.45. The van der Waals surface area contributed by atoms with Crippen LogP contribution in [-0.2, 0) is 27.1 Å². The number of phenols is 1. The van der Waals surface area contributed by atoms with E-state index in [1.807, 2.05) is 0 Å². The molecule has 0 fully saturated rings. The zero-order valence-electron chi connectivity index (χ0n) is 21.2. The number of hydrogen-bond donors (Lipinski definition) is 2. The Morgan fingerprint density at radius 1 is 1.40 bits per heavy atom. The third-order valence-corrected chi connectivity index (χ3v) is 4.78. The number of cyclic esters (lactones) is 1. The molecule has 1 aliphatic heterocycles. The highest BCUT2D eigenvalue weighted by molar-refractivity contribution is 6.32. The zero-order valence-corrected chi connectivity index (χ0v) is 17.0. The molecule has 0 saturated heterocycles. The van der Waals surface area contributed by atoms with Crippen LogP contribution in [0.4, 0.5) is 0 Å². The molecule has 2 N–H and O–H groups in total. The normalized spacial score (nSPS) is 18.6. The predicted octanol–water partition coefficient (Wildman–Crippen LogP) is 3.05. The third kappa shape index (κ3) is 4.57. The smallest absolute Gasteiger partial charge is 0.342 e. The van der Waals surface area contributed by atoms with E-state index in [0.717, 1.165) is 6.07 Å². The molecule has 7 nitrogen and oxygen atoms in total. The van der Waals surface area contributed by atoms with Gasteiger partial charge in [0.25, 0.3) is 5.91 Å². The molecule has 0 bridgehead atoms. The van der Waals surface area contributed by atoms with E-state index in [0.29, 0.717) is 5.56 Å². The van der Waals surface area contributed by atoms with Crippen LogP contribution in [0.15, 0.2) is 36.3 Å². The monoisotopic (exact) mass is 436 g/mol. The second-order valence-electron chi connectivity index (χ2n) is 6.61. The maximum Gasteiger partial charge on any atom is 0.342 e. The highest BCUT2D eigenvalue weighted by Gasteiger charge is 2.33. The Labute approximate surface area is 186 Å². The number of hydrogen-bond acceptors (Lipinski definition) is 6. The van der Waals surface area contributed by atoms with Gasteiger partial charge in [-0.2, -0.15) is 0 Å². The lowest BCUT2D eigenvalue weighted by Gasteiger charge is -2.24. The maximum absolute atomic E-state index is 13.1. The van der Waals surface area contributed by atoms with E-state index in [2.05, 4.69) is 5.32 Å². The molecule has 0 radical (unpaired) electrons. The SMILES string of the molecule is [2H]c1c([2H])c([2H])c(C[C@H](NC(=O)c2cc(Cl)c3c(c2O)C(=O)O[C@H](C)C3)C(=O)OCC)c([2H])c1[2H]. The van der Waals surface area contributed by atoms with Crippen molar-refractivity contribution >= 4 is 29.4 Å². The fraction of sp³-hybridized carbons (Fsp3) is 0.318. The molecule has 0 saturated carbocycles. The molecule has 2 atom stereocenters. The number of carbonyl (C=O) groups excluding carboxylic acids is 3. The molecule has 8 heteroatoms. The summed E-state index contributed by atoms with van der Waals surface area (Å²) in [7, 11) is 0. The third-order valence-electron chi connectivity index (χ3n) is 4.44. The first-order valence-corrected chi connectivity index (χ1v) is 9.55. The number of amides is 1. The number of nitrogens with one attached hydrogen (secondary N) is 1. The molecular formula is C22H22ClNO6. The molecule has 0 spiro atoms. The standard InChI is InChI=1S/C22H22ClNO6/c1-3-29-21(27)17(10-13-7-5-4-6-8-13)24-20(26)15-11-16(23)14-9-12(2)30-22(28)18(14)19(15)25/h4-8,11-12,17,25H,3,9-10H2,1-2H3,(H,24,26)/t12-,17+/m1/s1/i4D,5D,6D,7D,8D. The molecule has 1 amide bonds. The van der Waals surface area contributed by atoms with Crippen LogP contribution >= 0.6 is 11.6 Å². The van der Waals surface area contributed by atoms with Crippen LogP contribution in [0, 0.1) is 0 Å². The van der Waals surface area contributed by atoms with E-state index >= 15 is 0 Å². The summed E-state index contributed by atoms with van der Waals surface area (Å²) in [5.41, 5.74) is -0.542. The van der Waals surface area contributed by atoms with Crippen LogP contribution in [0.3, 0.4) is 0 Å². The largest absolute Gasteiger partial charge is 0.506 e. The summed E-state index contributed by atoms with van der Waals surface area (Å²) in [4.78, 5) is 38.0. The van der Waals surface area contributed by atoms with E-state index in [9.17, 15) is 19.5 Å². The molecule has 30 heavy (non-hydrogen) atoms. The van der Waals surface area contributed by atoms with Gasteiger partial charge in [0.2, 0.25) is 0 Å². The number of rotatable bonds is 6. The highest BCUT2D eigenvalue weighted by atomic mass is 35.5. The van der Waals surface area contributed by atoms with E-state index in [-0.39, 0.29) is 29.2 Å². The van der Waals surface area contributed by atoms with Crippen LogP contribution in [0.1, 0.15) is 52.5 Å². The van der Waals surface area contributed by atoms with Crippen molar-refractivity contribution < 1.29 is 35.8 Å². The van der Waals surface area contributed by atoms with Gasteiger partial charge in [-0.15, -0.1) is 0 Å². The zero-order chi connectivity index (χ0) is 26.2. The molecule has 158 valence electrons. The van der Waals surface area contributed by atoms with Crippen molar-refractivity contribution in [2.75, 3.05) is 6.61 Å². The quantitative estimate of drug-likeness (QED) is 0.675. The second-order valence-corrected chi connectivity index (χ2v) is 7.02. The first kappa shape index (κ1) is 15.7. The van der Waals surface area contributed by atoms with Gasteiger partial charge in [0.15, 0.2) is 0 Å². The Morgan fingerprint density at radius 3 is 2.77 bits per heavy atom. The minimum absolute atomic E-state index is 0.0461. The summed E-state index contributed by atoms with van der Waals surface area (Å²) in [5, 5.41) is 13.1. The van der Waals surface area contributed by atoms with E-state index in [4.69, 9.17) is 27.9 Å². The first-order valence-electron chi connectivity index (χ1n) is 11.7. The van der Waals surface area contributed by atoms with Gasteiger partial charge in [-0.1, -0.05) is 41.8 Å². The molecular weight excluding hydrogens is 410 g/mol. The molecule has 2 aromatic carbocycles. The Hall–Kier alpha value is -3.06. The van der Waals surface area contributed by atoms with Crippen LogP contribution in [0.2, 0.25) is 5.02 Å². The van der Waals surface area contributed by atoms with Crippen molar-refractivity contribution in [3.05, 3.63) is 63.6 Å². The fourth-order valence-electron chi connectivity index (χ4n) is 3.10. The first-order chi connectivity index (χ1) is 16.4. The predicted molar refractivity (Wildman–Crippen MR) is 110 cm³/mol. The summed E-state index contributed by atoms with van der Waals surface area (Å²) < 4.78 is 49.6. The van der Waals surface area contributed by atoms with Gasteiger partial charge >= 0.3 is 11.9 Å². The van der Waals surface area contributed by atoms with Gasteiger partial charge in [0, 0.05) is 17.9 Å². The average molecular weight is 437 g/mol. The molecule has 1 heterocycles. The summed E-state index contributed by atoms with van der Waals surface area (Å²) in [6, 6.07) is -3.18. The Balaban J connectivity index is 2.00. The number of esters is 2. The van der Waals surface area contributed by atoms with E-state index < -0.39 is 77.9 Å². The van der Waals surface area contributed by atoms with Crippen molar-refractivity contribution in [3.63, 3.8) is 0 Å². The molecule has 0 aromatic heterocycles. The van der Waals surface area contributed by atoms with Crippen molar-refractivity contribution in [2.45, 2.75) is 38.8 Å². The van der Waals surface area contributed by atoms with Gasteiger partial charge in [0.1, 0.15) is 23.5 Å². The van der Waals surface area contributed by atoms with Gasteiger partial charge < -0.3 is 19.9 Å². The Morgan fingerprint density at radius 2 is 2.10 bits per heavy atom. The lowest BCUT2D eigenvalue weighted by Crippen LogP contribution is -2.43. The lowest BCUT2D eigenvalue weighted by atomic mass is 9.95. The number of aromatic hydroxyl groups is 1. The number of phenolic OH excluding ortho intramolecular Hbond substituents is 1. The summed E-state index contributed by atoms with van der Waals surface area (Å²) in [6.07, 6.45) is -0.730. The van der Waals surface area contributed by atoms with Gasteiger partial charge in [0.05, 0.1) is 19.0 Å². The Kier molecular flexibility index (Phi) is 4.81. The highest BCUT2D eigenvalue weighted by Crippen LogP contribution is 2.36. The van der Waals surface area contributed by atoms with Crippen LogP contribution in [0.25, 0.3) is 0 Å². The molecule has 2 aromatic rings. The number of ether oxygens (including phenoxy) is 2. The van der Waals surface area contributed by atoms with E-state index in [1.165, 1.54) is 6.92 Å². The van der Waals surface area contributed by atoms with Crippen LogP contribution < -0.4 is 5.32 Å². The van der Waals surface area contributed by atoms with Crippen LogP contribution in [0.5, 0.6) is 5.75 Å². The van der Waals surface area contributed by atoms with Gasteiger partial charge in [-0.05, 0) is 31.0 Å². The van der Waals surface area contributed by atoms with Crippen molar-refractivity contribution in [1.29, 1.82) is 0 Å². The van der Waals surface area contributed by atoms with Gasteiger partial charge in [-0.25, -0.2) is 9.59 Å². The summed E-state index contributed by atoms with van der Waals surface area (Å²) >= 11 is 6.26. The van der Waals surface area contributed by atoms with Crippen molar-refractivity contribution in [2.24, 2.45) is 0 Å². The van der Waals surface area contributed by atoms with Crippen LogP contribution in [-0.4, -0.2) is 41.7 Å². The molecule has 1 aliphatic rings. The summed E-state index contributed by atoms with van der Waals surface area (Å²) in [6.45, 7) is 3.13. The average Bonchev–Trinajstić information content (AvgIpc) is 2.80. The van der Waals surface area contributed by atoms with Crippen molar-refractivity contribution in [1.82, 2.24) is 5.32 Å². The Bertz CT molecular complexity index is 1210. The minimum Gasteiger partial charge on any atom is -0.506 e. The number of carbonyl (C=O) groups is 3. The topological polar surface area (TPSA) is 102 Å². The van der Waals surface area contributed by atoms with Crippen molar-refractivity contribution in [3.8, 4) is 5.75 Å². The lowest BCUT2D eigenvalue weighted by molar-refractivity contribution is -0.145. The molecule has 0 aliphatic carbocycles. The molecule has 0 unspecified atom stereocenters. The maximum atomic E-state index is 13.1. The van der Waals surface area contributed by atoms with E-state index in [1.54, 1.807) is 6.92 Å². The fourth-order valence-corrected chi connectivity index (χ4v) is 3.38. The second kappa shape index (κ2) is 9.17.